The van der Waals surface area contributed by atoms with Crippen molar-refractivity contribution in [2.24, 2.45) is 11.0 Å². The van der Waals surface area contributed by atoms with Gasteiger partial charge in [-0.25, -0.2) is 9.07 Å². The number of nitrogens with one attached hydrogen (secondary N) is 1. The topological polar surface area (TPSA) is 42.2 Å². The number of pyridine rings is 1. The van der Waals surface area contributed by atoms with E-state index in [1.54, 1.807) is 4.68 Å². The Morgan fingerprint density at radius 2 is 1.77 bits per heavy atom. The zero-order chi connectivity index (χ0) is 31.1. The molecular formula is C35H39Cl2FN4S. The molecule has 0 saturated heterocycles. The number of nitrogens with zero attached hydrogens (tertiary/aromatic N) is 3. The van der Waals surface area contributed by atoms with Gasteiger partial charge in [-0.1, -0.05) is 85.1 Å². The van der Waals surface area contributed by atoms with E-state index in [-0.39, 0.29) is 5.82 Å². The van der Waals surface area contributed by atoms with Gasteiger partial charge in [0.2, 0.25) is 0 Å². The Morgan fingerprint density at radius 1 is 1.12 bits per heavy atom. The van der Waals surface area contributed by atoms with E-state index in [1.165, 1.54) is 11.6 Å². The minimum Gasteiger partial charge on any atom is -0.312 e. The summed E-state index contributed by atoms with van der Waals surface area (Å²) in [6.07, 6.45) is 7.40. The highest BCUT2D eigenvalue weighted by atomic mass is 35.5. The van der Waals surface area contributed by atoms with E-state index in [4.69, 9.17) is 28.2 Å². The Kier molecular flexibility index (Phi) is 11.7. The Bertz CT molecular complexity index is 1630. The molecule has 0 spiro atoms. The van der Waals surface area contributed by atoms with Gasteiger partial charge in [0, 0.05) is 70.4 Å². The molecule has 4 nitrogen and oxygen atoms in total. The fourth-order valence-electron chi connectivity index (χ4n) is 5.28. The average molecular weight is 638 g/mol. The first-order valence-electron chi connectivity index (χ1n) is 14.6. The molecule has 1 atom stereocenters. The summed E-state index contributed by atoms with van der Waals surface area (Å²) in [4.78, 5) is 4.80. The van der Waals surface area contributed by atoms with E-state index in [0.717, 1.165) is 53.8 Å². The van der Waals surface area contributed by atoms with Crippen LogP contribution in [0.1, 0.15) is 57.0 Å². The highest BCUT2D eigenvalue weighted by Crippen LogP contribution is 2.42. The van der Waals surface area contributed by atoms with Gasteiger partial charge in [-0.3, -0.25) is 4.98 Å². The predicted octanol–water partition coefficient (Wildman–Crippen LogP) is 10.4. The van der Waals surface area contributed by atoms with Crippen molar-refractivity contribution in [3.8, 4) is 33.5 Å². The second-order valence-corrected chi connectivity index (χ2v) is 12.1. The van der Waals surface area contributed by atoms with E-state index in [9.17, 15) is 0 Å². The van der Waals surface area contributed by atoms with Gasteiger partial charge in [-0.2, -0.15) is 17.7 Å². The van der Waals surface area contributed by atoms with Gasteiger partial charge in [0.25, 0.3) is 0 Å². The van der Waals surface area contributed by atoms with Crippen LogP contribution in [-0.4, -0.2) is 22.9 Å². The van der Waals surface area contributed by atoms with Gasteiger partial charge in [0.05, 0.1) is 21.4 Å². The van der Waals surface area contributed by atoms with Gasteiger partial charge in [0.15, 0.2) is 0 Å². The molecule has 2 heterocycles. The molecule has 43 heavy (non-hydrogen) atoms. The minimum absolute atomic E-state index is 0.308. The third kappa shape index (κ3) is 7.79. The average Bonchev–Trinajstić information content (AvgIpc) is 3.37. The maximum Gasteiger partial charge on any atom is 0.131 e. The molecule has 0 aliphatic rings. The number of rotatable bonds is 13. The maximum atomic E-state index is 15.6. The maximum absolute atomic E-state index is 15.6. The van der Waals surface area contributed by atoms with Gasteiger partial charge in [-0.15, -0.1) is 0 Å². The van der Waals surface area contributed by atoms with Crippen molar-refractivity contribution in [2.75, 3.05) is 6.54 Å². The molecule has 0 saturated carbocycles. The summed E-state index contributed by atoms with van der Waals surface area (Å²) in [5.74, 6) is 0.458. The van der Waals surface area contributed by atoms with Crippen molar-refractivity contribution in [1.82, 2.24) is 15.0 Å². The Morgan fingerprint density at radius 3 is 2.40 bits per heavy atom. The van der Waals surface area contributed by atoms with Crippen LogP contribution in [0.5, 0.6) is 0 Å². The van der Waals surface area contributed by atoms with Crippen molar-refractivity contribution in [1.29, 1.82) is 0 Å². The van der Waals surface area contributed by atoms with Crippen LogP contribution < -0.4 is 5.32 Å². The van der Waals surface area contributed by atoms with E-state index < -0.39 is 0 Å². The number of hydrogen-bond donors (Lipinski definition) is 2. The number of thiol groups is 1. The van der Waals surface area contributed by atoms with Crippen LogP contribution in [0.4, 0.5) is 4.39 Å². The summed E-state index contributed by atoms with van der Waals surface area (Å²) in [5, 5.41) is 8.44. The molecule has 2 aromatic carbocycles. The standard InChI is InChI=1S/C35H39Cl2FN4S/c1-6-9-22(2)14-15-23(3)18-40-19-30-31(38)17-32(41-33(30)21-43)29-13-8-12-28(35(29)37)27-11-7-10-26(34(27)36)25-16-24(4)42(20-25)39-5/h7-13,16-17,20,23,40,43H,5-6,14-15,18-19,21H2,1-4H3/b22-9+. The van der Waals surface area contributed by atoms with Gasteiger partial charge in [-0.05, 0) is 51.6 Å². The summed E-state index contributed by atoms with van der Waals surface area (Å²) < 4.78 is 17.3. The van der Waals surface area contributed by atoms with E-state index >= 15 is 4.39 Å². The molecule has 4 aromatic rings. The number of allylic oxidation sites excluding steroid dienone is 2. The summed E-state index contributed by atoms with van der Waals surface area (Å²) in [7, 11) is 0. The zero-order valence-corrected chi connectivity index (χ0v) is 27.6. The fraction of sp³-hybridized carbons (Fsp3) is 0.314. The van der Waals surface area contributed by atoms with Crippen LogP contribution in [0.15, 0.2) is 71.5 Å². The van der Waals surface area contributed by atoms with Crippen molar-refractivity contribution < 1.29 is 4.39 Å². The minimum atomic E-state index is -0.326. The Balaban J connectivity index is 1.59. The van der Waals surface area contributed by atoms with Gasteiger partial charge in [0.1, 0.15) is 5.82 Å². The highest BCUT2D eigenvalue weighted by molar-refractivity contribution is 7.79. The third-order valence-corrected chi connectivity index (χ3v) is 8.81. The van der Waals surface area contributed by atoms with E-state index in [1.807, 2.05) is 55.6 Å². The number of aryl methyl sites for hydroxylation is 1. The van der Waals surface area contributed by atoms with Crippen LogP contribution in [0.25, 0.3) is 33.5 Å². The number of hydrogen-bond acceptors (Lipinski definition) is 4. The monoisotopic (exact) mass is 636 g/mol. The summed E-state index contributed by atoms with van der Waals surface area (Å²) in [6.45, 7) is 13.3. The van der Waals surface area contributed by atoms with Crippen LogP contribution >= 0.6 is 35.8 Å². The molecule has 1 unspecified atom stereocenters. The van der Waals surface area contributed by atoms with Crippen LogP contribution in [0, 0.1) is 18.7 Å². The molecule has 0 radical (unpaired) electrons. The number of halogens is 3. The number of benzene rings is 2. The van der Waals surface area contributed by atoms with Crippen molar-refractivity contribution >= 4 is 42.5 Å². The lowest BCUT2D eigenvalue weighted by molar-refractivity contribution is 0.473. The molecule has 0 aliphatic carbocycles. The molecule has 0 bridgehead atoms. The lowest BCUT2D eigenvalue weighted by Gasteiger charge is -2.16. The summed E-state index contributed by atoms with van der Waals surface area (Å²) in [5.41, 5.74) is 7.87. The first-order valence-corrected chi connectivity index (χ1v) is 16.0. The van der Waals surface area contributed by atoms with E-state index in [2.05, 4.69) is 56.6 Å². The number of aromatic nitrogens is 2. The van der Waals surface area contributed by atoms with E-state index in [0.29, 0.717) is 50.8 Å². The molecule has 4 rings (SSSR count). The smallest absolute Gasteiger partial charge is 0.131 e. The van der Waals surface area contributed by atoms with Crippen LogP contribution in [-0.2, 0) is 12.3 Å². The molecule has 0 fully saturated rings. The molecular weight excluding hydrogens is 598 g/mol. The van der Waals surface area contributed by atoms with Crippen molar-refractivity contribution in [3.63, 3.8) is 0 Å². The second kappa shape index (κ2) is 15.2. The molecule has 0 amide bonds. The quantitative estimate of drug-likeness (QED) is 0.0870. The van der Waals surface area contributed by atoms with Gasteiger partial charge < -0.3 is 5.32 Å². The third-order valence-electron chi connectivity index (χ3n) is 7.70. The highest BCUT2D eigenvalue weighted by Gasteiger charge is 2.19. The van der Waals surface area contributed by atoms with Crippen LogP contribution in [0.2, 0.25) is 10.0 Å². The van der Waals surface area contributed by atoms with Crippen molar-refractivity contribution in [2.45, 2.75) is 59.3 Å². The lowest BCUT2D eigenvalue weighted by Crippen LogP contribution is -2.22. The largest absolute Gasteiger partial charge is 0.312 e. The molecule has 226 valence electrons. The predicted molar refractivity (Wildman–Crippen MR) is 185 cm³/mol. The molecule has 0 aliphatic heterocycles. The first-order chi connectivity index (χ1) is 20.7. The van der Waals surface area contributed by atoms with Crippen LogP contribution in [0.3, 0.4) is 0 Å². The molecule has 2 aromatic heterocycles. The summed E-state index contributed by atoms with van der Waals surface area (Å²) in [6, 6.07) is 14.9. The van der Waals surface area contributed by atoms with Gasteiger partial charge >= 0.3 is 0 Å². The second-order valence-electron chi connectivity index (χ2n) is 11.0. The zero-order valence-electron chi connectivity index (χ0n) is 25.2. The fourth-order valence-corrected chi connectivity index (χ4v) is 6.20. The Labute approximate surface area is 270 Å². The first kappa shape index (κ1) is 33.0. The Hall–Kier alpha value is -2.90. The SMILES string of the molecule is C=Nn1cc(-c2cccc(-c3cccc(-c4cc(F)c(CNCC(C)CC/C(C)=C/CC)c(CS)n4)c3Cl)c2Cl)cc1C. The summed E-state index contributed by atoms with van der Waals surface area (Å²) >= 11 is 18.4. The van der Waals surface area contributed by atoms with Crippen molar-refractivity contribution in [3.05, 3.63) is 99.2 Å². The molecule has 1 N–H and O–H groups in total. The lowest BCUT2D eigenvalue weighted by atomic mass is 9.97. The molecule has 8 heteroatoms. The normalized spacial score (nSPS) is 12.5.